The van der Waals surface area contributed by atoms with Crippen LogP contribution in [0.15, 0.2) is 24.5 Å². The maximum Gasteiger partial charge on any atom is 0.306 e. The van der Waals surface area contributed by atoms with Crippen molar-refractivity contribution in [1.82, 2.24) is 0 Å². The highest BCUT2D eigenvalue weighted by Crippen LogP contribution is 2.32. The molecule has 11 heteroatoms. The fraction of sp³-hybridized carbons (Fsp3) is 0.654. The second kappa shape index (κ2) is 16.9. The van der Waals surface area contributed by atoms with E-state index < -0.39 is 42.4 Å². The second-order valence-electron chi connectivity index (χ2n) is 8.87. The number of pyridine rings is 1. The van der Waals surface area contributed by atoms with Gasteiger partial charge in [0, 0.05) is 25.3 Å². The first-order chi connectivity index (χ1) is 17.3. The normalized spacial score (nSPS) is 20.5. The number of ether oxygens (including phenoxy) is 4. The van der Waals surface area contributed by atoms with Crippen LogP contribution in [0.5, 0.6) is 0 Å². The Morgan fingerprint density at radius 2 is 1.43 bits per heavy atom. The average molecular weight is 543 g/mol. The molecule has 208 valence electrons. The van der Waals surface area contributed by atoms with Crippen molar-refractivity contribution >= 4 is 23.8 Å². The third-order valence-corrected chi connectivity index (χ3v) is 5.83. The van der Waals surface area contributed by atoms with Gasteiger partial charge < -0.3 is 37.1 Å². The van der Waals surface area contributed by atoms with Crippen molar-refractivity contribution in [3.63, 3.8) is 0 Å². The van der Waals surface area contributed by atoms with Gasteiger partial charge in [-0.3, -0.25) is 19.2 Å². The van der Waals surface area contributed by atoms with Crippen LogP contribution in [0.3, 0.4) is 0 Å². The Morgan fingerprint density at radius 3 is 1.97 bits per heavy atom. The molecular weight excluding hydrogens is 504 g/mol. The van der Waals surface area contributed by atoms with Gasteiger partial charge in [0.1, 0.15) is 18.3 Å². The Bertz CT molecular complexity index is 897. The predicted octanol–water partition coefficient (Wildman–Crippen LogP) is -0.0882. The molecule has 1 aromatic heterocycles. The molecule has 37 heavy (non-hydrogen) atoms. The molecule has 2 heterocycles. The van der Waals surface area contributed by atoms with E-state index in [1.807, 2.05) is 20.8 Å². The van der Waals surface area contributed by atoms with Gasteiger partial charge in [0.05, 0.1) is 0 Å². The van der Waals surface area contributed by atoms with Crippen molar-refractivity contribution in [3.05, 3.63) is 30.1 Å². The molecule has 2 N–H and O–H groups in total. The standard InChI is InChI=1S/C26H38N2O8.ClH/c1-4-7-12-20(29)33-17-19-23(35-21(30)13-8-5-2)24(36-22(31)14-9-6-3)26(34-19)28-15-10-11-18(16-28)25(27)32;/h10-11,15-16,19,23-24,26H,4-9,12-14,17H2,1-3H3,(H-,27,32);1H/t19-,23-,24-,26-;/m1./s1. The molecule has 0 spiro atoms. The summed E-state index contributed by atoms with van der Waals surface area (Å²) in [4.78, 5) is 49.1. The van der Waals surface area contributed by atoms with Gasteiger partial charge in [0.15, 0.2) is 18.5 Å². The summed E-state index contributed by atoms with van der Waals surface area (Å²) in [5, 5.41) is 0. The Labute approximate surface area is 224 Å². The van der Waals surface area contributed by atoms with E-state index in [0.29, 0.717) is 19.3 Å². The molecule has 1 aromatic rings. The molecule has 1 aliphatic rings. The number of esters is 3. The zero-order chi connectivity index (χ0) is 26.5. The summed E-state index contributed by atoms with van der Waals surface area (Å²) >= 11 is 0. The first kappa shape index (κ1) is 32.3. The van der Waals surface area contributed by atoms with Gasteiger partial charge in [0.2, 0.25) is 6.10 Å². The van der Waals surface area contributed by atoms with Gasteiger partial charge in [-0.1, -0.05) is 40.0 Å². The number of carbonyl (C=O) groups is 4. The average Bonchev–Trinajstić information content (AvgIpc) is 3.20. The van der Waals surface area contributed by atoms with Gasteiger partial charge in [0.25, 0.3) is 5.91 Å². The fourth-order valence-electron chi connectivity index (χ4n) is 3.78. The van der Waals surface area contributed by atoms with E-state index in [0.717, 1.165) is 19.3 Å². The minimum atomic E-state index is -1.02. The number of hydrogen-bond acceptors (Lipinski definition) is 8. The number of primary amides is 1. The van der Waals surface area contributed by atoms with Crippen LogP contribution in [-0.2, 0) is 33.3 Å². The number of unbranched alkanes of at least 4 members (excludes halogenated alkanes) is 3. The highest BCUT2D eigenvalue weighted by Gasteiger charge is 2.55. The highest BCUT2D eigenvalue weighted by molar-refractivity contribution is 5.92. The largest absolute Gasteiger partial charge is 1.00 e. The summed E-state index contributed by atoms with van der Waals surface area (Å²) in [5.41, 5.74) is 5.66. The van der Waals surface area contributed by atoms with Crippen LogP contribution in [0, 0.1) is 0 Å². The minimum absolute atomic E-state index is 0. The molecule has 4 atom stereocenters. The second-order valence-corrected chi connectivity index (χ2v) is 8.87. The number of carbonyl (C=O) groups excluding carboxylic acids is 4. The Hall–Kier alpha value is -2.72. The maximum absolute atomic E-state index is 12.6. The van der Waals surface area contributed by atoms with Gasteiger partial charge in [-0.15, -0.1) is 0 Å². The maximum atomic E-state index is 12.6. The fourth-order valence-corrected chi connectivity index (χ4v) is 3.78. The van der Waals surface area contributed by atoms with Crippen molar-refractivity contribution in [3.8, 4) is 0 Å². The highest BCUT2D eigenvalue weighted by atomic mass is 35.5. The van der Waals surface area contributed by atoms with Crippen LogP contribution >= 0.6 is 0 Å². The van der Waals surface area contributed by atoms with E-state index in [1.54, 1.807) is 22.9 Å². The molecular formula is C26H39ClN2O8. The topological polar surface area (TPSA) is 135 Å². The molecule has 1 amide bonds. The molecule has 2 rings (SSSR count). The smallest absolute Gasteiger partial charge is 0.306 e. The Morgan fingerprint density at radius 1 is 0.892 bits per heavy atom. The van der Waals surface area contributed by atoms with E-state index in [2.05, 4.69) is 0 Å². The number of amides is 1. The summed E-state index contributed by atoms with van der Waals surface area (Å²) in [6.07, 6.45) is 4.36. The van der Waals surface area contributed by atoms with Crippen molar-refractivity contribution in [2.75, 3.05) is 6.61 Å². The van der Waals surface area contributed by atoms with Crippen molar-refractivity contribution < 1.29 is 55.1 Å². The zero-order valence-corrected chi connectivity index (χ0v) is 22.6. The van der Waals surface area contributed by atoms with Crippen molar-refractivity contribution in [2.24, 2.45) is 5.73 Å². The van der Waals surface area contributed by atoms with E-state index in [9.17, 15) is 19.2 Å². The number of hydrogen-bond donors (Lipinski definition) is 1. The van der Waals surface area contributed by atoms with Crippen LogP contribution < -0.4 is 22.7 Å². The summed E-state index contributed by atoms with van der Waals surface area (Å²) in [5.74, 6) is -1.95. The van der Waals surface area contributed by atoms with Gasteiger partial charge in [-0.25, -0.2) is 0 Å². The molecule has 1 saturated heterocycles. The van der Waals surface area contributed by atoms with Crippen LogP contribution in [0.1, 0.15) is 95.1 Å². The Balaban J connectivity index is 0.00000684. The first-order valence-corrected chi connectivity index (χ1v) is 12.8. The van der Waals surface area contributed by atoms with E-state index in [1.165, 1.54) is 6.20 Å². The molecule has 0 bridgehead atoms. The van der Waals surface area contributed by atoms with Crippen LogP contribution in [0.4, 0.5) is 0 Å². The molecule has 1 fully saturated rings. The molecule has 0 saturated carbocycles. The minimum Gasteiger partial charge on any atom is -1.00 e. The number of nitrogens with zero attached hydrogens (tertiary/aromatic N) is 1. The van der Waals surface area contributed by atoms with Gasteiger partial charge >= 0.3 is 24.1 Å². The monoisotopic (exact) mass is 542 g/mol. The third-order valence-electron chi connectivity index (χ3n) is 5.83. The van der Waals surface area contributed by atoms with Gasteiger partial charge in [-0.05, 0) is 25.3 Å². The van der Waals surface area contributed by atoms with E-state index in [-0.39, 0.29) is 49.8 Å². The molecule has 10 nitrogen and oxygen atoms in total. The van der Waals surface area contributed by atoms with Crippen LogP contribution in [0.2, 0.25) is 0 Å². The lowest BCUT2D eigenvalue weighted by atomic mass is 10.1. The summed E-state index contributed by atoms with van der Waals surface area (Å²) in [6, 6.07) is 3.16. The van der Waals surface area contributed by atoms with Crippen molar-refractivity contribution in [2.45, 2.75) is 103 Å². The molecule has 0 aliphatic carbocycles. The lowest BCUT2D eigenvalue weighted by Gasteiger charge is -2.22. The molecule has 0 radical (unpaired) electrons. The number of rotatable bonds is 15. The number of aromatic nitrogens is 1. The zero-order valence-electron chi connectivity index (χ0n) is 21.9. The molecule has 0 aromatic carbocycles. The lowest BCUT2D eigenvalue weighted by molar-refractivity contribution is -0.765. The summed E-state index contributed by atoms with van der Waals surface area (Å²) < 4.78 is 24.6. The van der Waals surface area contributed by atoms with Crippen LogP contribution in [0.25, 0.3) is 0 Å². The van der Waals surface area contributed by atoms with Crippen LogP contribution in [-0.4, -0.2) is 48.7 Å². The van der Waals surface area contributed by atoms with Gasteiger partial charge in [-0.2, -0.15) is 4.57 Å². The molecule has 0 unspecified atom stereocenters. The summed E-state index contributed by atoms with van der Waals surface area (Å²) in [7, 11) is 0. The third kappa shape index (κ3) is 10.3. The number of nitrogens with two attached hydrogens (primary N) is 1. The van der Waals surface area contributed by atoms with E-state index >= 15 is 0 Å². The quantitative estimate of drug-likeness (QED) is 0.185. The summed E-state index contributed by atoms with van der Waals surface area (Å²) in [6.45, 7) is 5.71. The predicted molar refractivity (Wildman–Crippen MR) is 128 cm³/mol. The van der Waals surface area contributed by atoms with E-state index in [4.69, 9.17) is 24.7 Å². The van der Waals surface area contributed by atoms with Crippen molar-refractivity contribution in [1.29, 1.82) is 0 Å². The Kier molecular flexibility index (Phi) is 14.8. The molecule has 1 aliphatic heterocycles. The number of halogens is 1. The lowest BCUT2D eigenvalue weighted by Crippen LogP contribution is -3.00. The SMILES string of the molecule is CCCCC(=O)OC[C@H]1O[C@@H]([n+]2cccc(C(N)=O)c2)[C@H](OC(=O)CCCC)[C@@H]1OC(=O)CCCC.[Cl-]. The first-order valence-electron chi connectivity index (χ1n) is 12.8.